The van der Waals surface area contributed by atoms with E-state index in [0.29, 0.717) is 28.7 Å². The van der Waals surface area contributed by atoms with E-state index in [0.717, 1.165) is 6.07 Å². The minimum absolute atomic E-state index is 0.0742. The van der Waals surface area contributed by atoms with Gasteiger partial charge in [-0.2, -0.15) is 9.78 Å². The normalized spacial score (nSPS) is 11.1. The molecule has 33 heavy (non-hydrogen) atoms. The predicted octanol–water partition coefficient (Wildman–Crippen LogP) is 3.97. The van der Waals surface area contributed by atoms with Crippen LogP contribution in [0.2, 0.25) is 0 Å². The third kappa shape index (κ3) is 4.67. The van der Waals surface area contributed by atoms with Gasteiger partial charge in [0.1, 0.15) is 11.6 Å². The molecule has 3 aromatic carbocycles. The Morgan fingerprint density at radius 3 is 2.61 bits per heavy atom. The third-order valence-electron chi connectivity index (χ3n) is 4.84. The molecule has 4 rings (SSSR count). The van der Waals surface area contributed by atoms with Gasteiger partial charge in [0, 0.05) is 18.6 Å². The average molecular weight is 442 g/mol. The fourth-order valence-electron chi connectivity index (χ4n) is 3.18. The van der Waals surface area contributed by atoms with Gasteiger partial charge < -0.3 is 4.74 Å². The topological polar surface area (TPSA) is 117 Å². The number of fused-ring (bicyclic) bond motifs is 1. The number of hydrogen-bond acceptors (Lipinski definition) is 7. The van der Waals surface area contributed by atoms with Gasteiger partial charge in [0.05, 0.1) is 27.6 Å². The van der Waals surface area contributed by atoms with Crippen LogP contribution in [0, 0.1) is 10.1 Å². The summed E-state index contributed by atoms with van der Waals surface area (Å²) in [5.74, 6) is 0.0985. The maximum atomic E-state index is 12.8. The molecule has 9 heteroatoms. The van der Waals surface area contributed by atoms with Gasteiger partial charge in [-0.05, 0) is 48.0 Å². The first kappa shape index (κ1) is 21.6. The first-order chi connectivity index (χ1) is 16.0. The van der Waals surface area contributed by atoms with Crippen LogP contribution in [0.3, 0.4) is 0 Å². The van der Waals surface area contributed by atoms with Crippen LogP contribution < -0.4 is 10.3 Å². The number of hydrogen-bond donors (Lipinski definition) is 0. The summed E-state index contributed by atoms with van der Waals surface area (Å²) in [4.78, 5) is 39.9. The lowest BCUT2D eigenvalue weighted by Crippen LogP contribution is -2.22. The number of esters is 1. The Morgan fingerprint density at radius 1 is 1.12 bits per heavy atom. The van der Waals surface area contributed by atoms with Gasteiger partial charge in [-0.1, -0.05) is 25.1 Å². The van der Waals surface area contributed by atoms with E-state index in [4.69, 9.17) is 4.74 Å². The van der Waals surface area contributed by atoms with Crippen molar-refractivity contribution in [3.05, 3.63) is 110 Å². The number of nitro benzene ring substituents is 1. The summed E-state index contributed by atoms with van der Waals surface area (Å²) in [6.07, 6.45) is 2.05. The zero-order valence-electron chi connectivity index (χ0n) is 17.5. The summed E-state index contributed by atoms with van der Waals surface area (Å²) < 4.78 is 6.56. The first-order valence-electron chi connectivity index (χ1n) is 10.1. The Morgan fingerprint density at radius 2 is 1.88 bits per heavy atom. The van der Waals surface area contributed by atoms with Crippen LogP contribution in [0.25, 0.3) is 10.9 Å². The fourth-order valence-corrected chi connectivity index (χ4v) is 3.18. The van der Waals surface area contributed by atoms with Gasteiger partial charge in [0.25, 0.3) is 11.2 Å². The number of aryl methyl sites for hydroxylation is 1. The predicted molar refractivity (Wildman–Crippen MR) is 123 cm³/mol. The molecule has 0 aliphatic rings. The number of aromatic nitrogens is 2. The second kappa shape index (κ2) is 9.23. The zero-order valence-corrected chi connectivity index (χ0v) is 17.5. The van der Waals surface area contributed by atoms with Crippen molar-refractivity contribution in [1.29, 1.82) is 0 Å². The molecule has 0 saturated heterocycles. The number of carbonyl (C=O) groups is 1. The summed E-state index contributed by atoms with van der Waals surface area (Å²) in [7, 11) is 0. The van der Waals surface area contributed by atoms with Crippen molar-refractivity contribution in [2.75, 3.05) is 0 Å². The standard InChI is InChI=1S/C24H18N4O5/c1-2-22-26-21-9-4-3-8-20(21)23(29)27(22)25-15-16-10-12-19(13-11-16)33-24(30)17-6-5-7-18(14-17)28(31)32/h3-15H,2H2,1H3/b25-15+. The van der Waals surface area contributed by atoms with Gasteiger partial charge in [-0.3, -0.25) is 14.9 Å². The fraction of sp³-hybridized carbons (Fsp3) is 0.0833. The van der Waals surface area contributed by atoms with Gasteiger partial charge >= 0.3 is 5.97 Å². The molecule has 0 bridgehead atoms. The molecule has 1 aromatic heterocycles. The zero-order chi connectivity index (χ0) is 23.4. The highest BCUT2D eigenvalue weighted by Gasteiger charge is 2.13. The Kier molecular flexibility index (Phi) is 6.03. The Bertz CT molecular complexity index is 1440. The Hall–Kier alpha value is -4.66. The number of non-ortho nitro benzene ring substituents is 1. The number of carbonyl (C=O) groups excluding carboxylic acids is 1. The molecule has 0 aliphatic carbocycles. The van der Waals surface area contributed by atoms with Crippen LogP contribution in [0.4, 0.5) is 5.69 Å². The van der Waals surface area contributed by atoms with Crippen LogP contribution in [-0.4, -0.2) is 26.8 Å². The number of benzene rings is 3. The molecule has 0 fully saturated rings. The number of ether oxygens (including phenoxy) is 1. The van der Waals surface area contributed by atoms with Gasteiger partial charge in [0.15, 0.2) is 0 Å². The van der Waals surface area contributed by atoms with Crippen LogP contribution in [0.15, 0.2) is 82.7 Å². The lowest BCUT2D eigenvalue weighted by atomic mass is 10.2. The van der Waals surface area contributed by atoms with Gasteiger partial charge in [-0.25, -0.2) is 9.78 Å². The molecular weight excluding hydrogens is 424 g/mol. The Labute approximate surface area is 187 Å². The average Bonchev–Trinajstić information content (AvgIpc) is 2.84. The highest BCUT2D eigenvalue weighted by atomic mass is 16.6. The van der Waals surface area contributed by atoms with Crippen molar-refractivity contribution in [1.82, 2.24) is 9.66 Å². The number of rotatable bonds is 6. The van der Waals surface area contributed by atoms with E-state index >= 15 is 0 Å². The number of nitro groups is 1. The molecule has 0 saturated carbocycles. The molecule has 0 radical (unpaired) electrons. The van der Waals surface area contributed by atoms with Crippen molar-refractivity contribution in [2.45, 2.75) is 13.3 Å². The minimum Gasteiger partial charge on any atom is -0.423 e. The smallest absolute Gasteiger partial charge is 0.343 e. The minimum atomic E-state index is -0.707. The lowest BCUT2D eigenvalue weighted by molar-refractivity contribution is -0.384. The van der Waals surface area contributed by atoms with E-state index in [9.17, 15) is 19.7 Å². The molecule has 0 atom stereocenters. The van der Waals surface area contributed by atoms with E-state index in [1.807, 2.05) is 13.0 Å². The summed E-state index contributed by atoms with van der Waals surface area (Å²) in [6, 6.07) is 18.9. The van der Waals surface area contributed by atoms with E-state index < -0.39 is 10.9 Å². The molecule has 9 nitrogen and oxygen atoms in total. The molecule has 1 heterocycles. The van der Waals surface area contributed by atoms with Crippen molar-refractivity contribution in [3.63, 3.8) is 0 Å². The molecule has 4 aromatic rings. The molecule has 0 unspecified atom stereocenters. The molecule has 164 valence electrons. The van der Waals surface area contributed by atoms with Crippen LogP contribution in [-0.2, 0) is 6.42 Å². The van der Waals surface area contributed by atoms with Crippen molar-refractivity contribution >= 4 is 28.8 Å². The third-order valence-corrected chi connectivity index (χ3v) is 4.84. The van der Waals surface area contributed by atoms with Crippen LogP contribution in [0.1, 0.15) is 28.7 Å². The van der Waals surface area contributed by atoms with Crippen molar-refractivity contribution in [2.24, 2.45) is 5.10 Å². The Balaban J connectivity index is 1.53. The second-order valence-electron chi connectivity index (χ2n) is 7.03. The van der Waals surface area contributed by atoms with E-state index in [-0.39, 0.29) is 22.6 Å². The maximum Gasteiger partial charge on any atom is 0.343 e. The highest BCUT2D eigenvalue weighted by Crippen LogP contribution is 2.17. The molecule has 0 spiro atoms. The molecular formula is C24H18N4O5. The first-order valence-corrected chi connectivity index (χ1v) is 10.1. The largest absolute Gasteiger partial charge is 0.423 e. The summed E-state index contributed by atoms with van der Waals surface area (Å²) in [6.45, 7) is 1.90. The van der Waals surface area contributed by atoms with Crippen molar-refractivity contribution in [3.8, 4) is 5.75 Å². The highest BCUT2D eigenvalue weighted by molar-refractivity contribution is 5.91. The number of para-hydroxylation sites is 1. The second-order valence-corrected chi connectivity index (χ2v) is 7.03. The molecule has 0 N–H and O–H groups in total. The van der Waals surface area contributed by atoms with E-state index in [2.05, 4.69) is 10.1 Å². The SMILES string of the molecule is CCc1nc2ccccc2c(=O)n1/N=C/c1ccc(OC(=O)c2cccc([N+](=O)[O-])c2)cc1. The van der Waals surface area contributed by atoms with Gasteiger partial charge in [-0.15, -0.1) is 0 Å². The van der Waals surface area contributed by atoms with E-state index in [1.54, 1.807) is 42.5 Å². The summed E-state index contributed by atoms with van der Waals surface area (Å²) in [5.41, 5.74) is 0.926. The molecule has 0 aliphatic heterocycles. The van der Waals surface area contributed by atoms with E-state index in [1.165, 1.54) is 29.1 Å². The van der Waals surface area contributed by atoms with Crippen LogP contribution >= 0.6 is 0 Å². The summed E-state index contributed by atoms with van der Waals surface area (Å²) >= 11 is 0. The maximum absolute atomic E-state index is 12.8. The monoisotopic (exact) mass is 442 g/mol. The lowest BCUT2D eigenvalue weighted by Gasteiger charge is -2.07. The summed E-state index contributed by atoms with van der Waals surface area (Å²) in [5, 5.41) is 15.7. The number of nitrogens with zero attached hydrogens (tertiary/aromatic N) is 4. The molecule has 0 amide bonds. The van der Waals surface area contributed by atoms with Gasteiger partial charge in [0.2, 0.25) is 0 Å². The van der Waals surface area contributed by atoms with Crippen molar-refractivity contribution < 1.29 is 14.5 Å². The van der Waals surface area contributed by atoms with Crippen LogP contribution in [0.5, 0.6) is 5.75 Å². The quantitative estimate of drug-likeness (QED) is 0.147.